The van der Waals surface area contributed by atoms with Gasteiger partial charge in [0.2, 0.25) is 0 Å². The van der Waals surface area contributed by atoms with E-state index in [4.69, 9.17) is 27.9 Å². The van der Waals surface area contributed by atoms with E-state index in [-0.39, 0.29) is 16.2 Å². The summed E-state index contributed by atoms with van der Waals surface area (Å²) in [6, 6.07) is 31.3. The van der Waals surface area contributed by atoms with Crippen LogP contribution in [0.15, 0.2) is 102 Å². The lowest BCUT2D eigenvalue weighted by molar-refractivity contribution is 0.247. The zero-order chi connectivity index (χ0) is 28.8. The van der Waals surface area contributed by atoms with Crippen LogP contribution in [0.4, 0.5) is 0 Å². The van der Waals surface area contributed by atoms with Crippen molar-refractivity contribution in [1.82, 2.24) is 9.80 Å². The van der Waals surface area contributed by atoms with E-state index < -0.39 is 15.1 Å². The van der Waals surface area contributed by atoms with Crippen LogP contribution in [0.3, 0.4) is 0 Å². The minimum Gasteiger partial charge on any atom is -0.456 e. The molecule has 1 saturated heterocycles. The van der Waals surface area contributed by atoms with Gasteiger partial charge in [0, 0.05) is 49.3 Å². The van der Waals surface area contributed by atoms with Gasteiger partial charge in [0.15, 0.2) is 9.84 Å². The fourth-order valence-electron chi connectivity index (χ4n) is 5.04. The van der Waals surface area contributed by atoms with Gasteiger partial charge in [0.25, 0.3) is 0 Å². The Bertz CT molecular complexity index is 1570. The van der Waals surface area contributed by atoms with Gasteiger partial charge in [-0.15, -0.1) is 0 Å². The van der Waals surface area contributed by atoms with Crippen molar-refractivity contribution in [3.8, 4) is 17.6 Å². The number of ether oxygens (including phenoxy) is 1. The van der Waals surface area contributed by atoms with Gasteiger partial charge in [-0.2, -0.15) is 5.26 Å². The molecule has 0 saturated carbocycles. The van der Waals surface area contributed by atoms with Crippen LogP contribution in [0.1, 0.15) is 16.7 Å². The number of nitrogens with zero attached hydrogens (tertiary/aromatic N) is 3. The number of hydrogen-bond acceptors (Lipinski definition) is 6. The number of halogens is 2. The van der Waals surface area contributed by atoms with Crippen LogP contribution in [0.25, 0.3) is 0 Å². The Morgan fingerprint density at radius 3 is 1.83 bits per heavy atom. The first kappa shape index (κ1) is 29.1. The van der Waals surface area contributed by atoms with Crippen molar-refractivity contribution in [2.45, 2.75) is 23.2 Å². The van der Waals surface area contributed by atoms with Gasteiger partial charge in [0.05, 0.1) is 16.9 Å². The summed E-state index contributed by atoms with van der Waals surface area (Å²) in [5.74, 6) is 0.428. The average Bonchev–Trinajstić information content (AvgIpc) is 3.16. The van der Waals surface area contributed by atoms with Gasteiger partial charge >= 0.3 is 0 Å². The second-order valence-corrected chi connectivity index (χ2v) is 13.2. The van der Waals surface area contributed by atoms with Crippen LogP contribution in [0.2, 0.25) is 10.0 Å². The van der Waals surface area contributed by atoms with Gasteiger partial charge < -0.3 is 4.74 Å². The van der Waals surface area contributed by atoms with Crippen LogP contribution in [0, 0.1) is 11.3 Å². The van der Waals surface area contributed by atoms with E-state index >= 15 is 0 Å². The molecule has 4 aromatic carbocycles. The van der Waals surface area contributed by atoms with Crippen molar-refractivity contribution in [2.75, 3.05) is 26.2 Å². The second-order valence-electron chi connectivity index (χ2n) is 10.1. The standard InChI is InChI=1S/C32H29Cl2N3O3S/c33-27-16-28(34)18-29(17-27)40-31-12-11-26(19-35)15-32(31)41(38,39)30-22-36(20-24-7-3-1-4-8-24)13-14-37(23-30)21-25-9-5-2-6-10-25/h1-12,15-18,30H,13-14,20-23H2. The van der Waals surface area contributed by atoms with Crippen molar-refractivity contribution >= 4 is 33.0 Å². The molecule has 0 N–H and O–H groups in total. The first-order valence-corrected chi connectivity index (χ1v) is 15.5. The zero-order valence-corrected chi connectivity index (χ0v) is 24.6. The van der Waals surface area contributed by atoms with E-state index in [1.54, 1.807) is 18.2 Å². The maximum atomic E-state index is 14.5. The number of benzene rings is 4. The van der Waals surface area contributed by atoms with E-state index in [1.807, 2.05) is 36.4 Å². The quantitative estimate of drug-likeness (QED) is 0.219. The van der Waals surface area contributed by atoms with Crippen LogP contribution < -0.4 is 4.74 Å². The molecule has 0 aliphatic carbocycles. The molecule has 0 bridgehead atoms. The molecule has 0 atom stereocenters. The number of rotatable bonds is 8. The summed E-state index contributed by atoms with van der Waals surface area (Å²) in [5, 5.41) is 9.57. The molecule has 0 amide bonds. The largest absolute Gasteiger partial charge is 0.456 e. The lowest BCUT2D eigenvalue weighted by Crippen LogP contribution is -2.39. The normalized spacial score (nSPS) is 15.2. The third-order valence-corrected chi connectivity index (χ3v) is 9.58. The second kappa shape index (κ2) is 13.1. The fourth-order valence-corrected chi connectivity index (χ4v) is 7.40. The molecule has 1 heterocycles. The van der Waals surface area contributed by atoms with Crippen molar-refractivity contribution in [1.29, 1.82) is 5.26 Å². The minimum absolute atomic E-state index is 0.0288. The highest BCUT2D eigenvalue weighted by atomic mass is 35.5. The van der Waals surface area contributed by atoms with Crippen molar-refractivity contribution < 1.29 is 13.2 Å². The van der Waals surface area contributed by atoms with Gasteiger partial charge in [0.1, 0.15) is 16.4 Å². The molecule has 0 aromatic heterocycles. The molecule has 0 unspecified atom stereocenters. The Morgan fingerprint density at radius 1 is 0.780 bits per heavy atom. The molecule has 1 aliphatic rings. The molecule has 9 heteroatoms. The lowest BCUT2D eigenvalue weighted by Gasteiger charge is -2.25. The number of sulfone groups is 1. The summed E-state index contributed by atoms with van der Waals surface area (Å²) >= 11 is 12.3. The van der Waals surface area contributed by atoms with E-state index in [2.05, 4.69) is 40.1 Å². The van der Waals surface area contributed by atoms with Gasteiger partial charge in [-0.05, 0) is 47.5 Å². The number of hydrogen-bond donors (Lipinski definition) is 0. The predicted molar refractivity (Wildman–Crippen MR) is 162 cm³/mol. The third kappa shape index (κ3) is 7.48. The summed E-state index contributed by atoms with van der Waals surface area (Å²) in [7, 11) is -3.96. The molecule has 1 fully saturated rings. The smallest absolute Gasteiger partial charge is 0.187 e. The fraction of sp³-hybridized carbons (Fsp3) is 0.219. The van der Waals surface area contributed by atoms with Crippen molar-refractivity contribution in [3.63, 3.8) is 0 Å². The summed E-state index contributed by atoms with van der Waals surface area (Å²) in [6.07, 6.45) is 0. The van der Waals surface area contributed by atoms with Gasteiger partial charge in [-0.25, -0.2) is 8.42 Å². The van der Waals surface area contributed by atoms with Gasteiger partial charge in [-0.3, -0.25) is 9.80 Å². The highest BCUT2D eigenvalue weighted by Gasteiger charge is 2.36. The molecule has 0 radical (unpaired) electrons. The molecule has 210 valence electrons. The summed E-state index contributed by atoms with van der Waals surface area (Å²) in [4.78, 5) is 4.35. The van der Waals surface area contributed by atoms with E-state index in [0.29, 0.717) is 42.0 Å². The zero-order valence-electron chi connectivity index (χ0n) is 22.3. The minimum atomic E-state index is -3.96. The molecular formula is C32H29Cl2N3O3S. The molecule has 0 spiro atoms. The van der Waals surface area contributed by atoms with Crippen LogP contribution in [-0.4, -0.2) is 49.6 Å². The number of nitriles is 1. The van der Waals surface area contributed by atoms with E-state index in [9.17, 15) is 13.7 Å². The average molecular weight is 607 g/mol. The van der Waals surface area contributed by atoms with Gasteiger partial charge in [-0.1, -0.05) is 83.9 Å². The van der Waals surface area contributed by atoms with Crippen LogP contribution >= 0.6 is 23.2 Å². The Labute approximate surface area is 251 Å². The maximum absolute atomic E-state index is 14.5. The van der Waals surface area contributed by atoms with Crippen LogP contribution in [0.5, 0.6) is 11.5 Å². The highest BCUT2D eigenvalue weighted by molar-refractivity contribution is 7.92. The first-order valence-electron chi connectivity index (χ1n) is 13.2. The molecule has 6 nitrogen and oxygen atoms in total. The molecule has 5 rings (SSSR count). The summed E-state index contributed by atoms with van der Waals surface area (Å²) < 4.78 is 34.9. The van der Waals surface area contributed by atoms with Crippen LogP contribution in [-0.2, 0) is 22.9 Å². The first-order chi connectivity index (χ1) is 19.8. The molecule has 1 aliphatic heterocycles. The maximum Gasteiger partial charge on any atom is 0.187 e. The summed E-state index contributed by atoms with van der Waals surface area (Å²) in [5.41, 5.74) is 2.47. The lowest BCUT2D eigenvalue weighted by atomic mass is 10.2. The Morgan fingerprint density at radius 2 is 1.32 bits per heavy atom. The molecule has 4 aromatic rings. The predicted octanol–water partition coefficient (Wildman–Crippen LogP) is 6.82. The highest BCUT2D eigenvalue weighted by Crippen LogP contribution is 2.35. The summed E-state index contributed by atoms with van der Waals surface area (Å²) in [6.45, 7) is 3.37. The molecule has 41 heavy (non-hydrogen) atoms. The topological polar surface area (TPSA) is 73.6 Å². The Kier molecular flexibility index (Phi) is 9.29. The molecular weight excluding hydrogens is 577 g/mol. The van der Waals surface area contributed by atoms with Crippen molar-refractivity contribution in [3.05, 3.63) is 124 Å². The third-order valence-electron chi connectivity index (χ3n) is 7.04. The SMILES string of the molecule is N#Cc1ccc(Oc2cc(Cl)cc(Cl)c2)c(S(=O)(=O)C2CN(Cc3ccccc3)CCN(Cc3ccccc3)C2)c1. The van der Waals surface area contributed by atoms with E-state index in [1.165, 1.54) is 18.2 Å². The van der Waals surface area contributed by atoms with Crippen molar-refractivity contribution in [2.24, 2.45) is 0 Å². The monoisotopic (exact) mass is 605 g/mol. The Hall–Kier alpha value is -3.38. The van der Waals surface area contributed by atoms with E-state index in [0.717, 1.165) is 24.2 Å². The Balaban J connectivity index is 1.51.